The number of benzene rings is 2. The van der Waals surface area contributed by atoms with E-state index in [4.69, 9.17) is 0 Å². The first kappa shape index (κ1) is 19.0. The Morgan fingerprint density at radius 1 is 1.07 bits per heavy atom. The summed E-state index contributed by atoms with van der Waals surface area (Å²) in [6.45, 7) is 1.79. The molecule has 4 aromatic rings. The molecule has 8 heteroatoms. The monoisotopic (exact) mass is 462 g/mol. The van der Waals surface area contributed by atoms with Gasteiger partial charge in [-0.2, -0.15) is 5.26 Å². The molecule has 1 saturated heterocycles. The zero-order chi connectivity index (χ0) is 20.7. The average Bonchev–Trinajstić information content (AvgIpc) is 3.27. The number of rotatable bonds is 3. The van der Waals surface area contributed by atoms with E-state index in [9.17, 15) is 10.1 Å². The molecular formula is C22H19BrN6O. The summed E-state index contributed by atoms with van der Waals surface area (Å²) in [5, 5.41) is 18.2. The van der Waals surface area contributed by atoms with E-state index in [1.165, 1.54) is 6.42 Å². The van der Waals surface area contributed by atoms with Crippen molar-refractivity contribution in [3.63, 3.8) is 0 Å². The Bertz CT molecular complexity index is 1330. The van der Waals surface area contributed by atoms with Gasteiger partial charge < -0.3 is 0 Å². The molecule has 0 saturated carbocycles. The summed E-state index contributed by atoms with van der Waals surface area (Å²) < 4.78 is 4.46. The molecule has 0 radical (unpaired) electrons. The third-order valence-electron chi connectivity index (χ3n) is 5.73. The van der Waals surface area contributed by atoms with E-state index in [-0.39, 0.29) is 11.7 Å². The Hall–Kier alpha value is -3.02. The molecule has 7 nitrogen and oxygen atoms in total. The highest BCUT2D eigenvalue weighted by Crippen LogP contribution is 2.28. The van der Waals surface area contributed by atoms with Gasteiger partial charge in [0, 0.05) is 17.6 Å². The third kappa shape index (κ3) is 3.11. The van der Waals surface area contributed by atoms with Crippen molar-refractivity contribution in [3.05, 3.63) is 74.7 Å². The predicted octanol–water partition coefficient (Wildman–Crippen LogP) is 3.71. The minimum Gasteiger partial charge on any atom is -0.279 e. The van der Waals surface area contributed by atoms with E-state index in [1.807, 2.05) is 34.7 Å². The van der Waals surface area contributed by atoms with Gasteiger partial charge >= 0.3 is 0 Å². The minimum atomic E-state index is -0.319. The number of aromatic nitrogens is 4. The first-order valence-corrected chi connectivity index (χ1v) is 10.7. The van der Waals surface area contributed by atoms with E-state index >= 15 is 0 Å². The van der Waals surface area contributed by atoms with Crippen molar-refractivity contribution in [2.24, 2.45) is 0 Å². The van der Waals surface area contributed by atoms with Gasteiger partial charge in [0.15, 0.2) is 0 Å². The smallest absolute Gasteiger partial charge is 0.264 e. The van der Waals surface area contributed by atoms with Gasteiger partial charge in [-0.3, -0.25) is 18.7 Å². The van der Waals surface area contributed by atoms with Crippen LogP contribution in [0.25, 0.3) is 16.7 Å². The second-order valence-electron chi connectivity index (χ2n) is 7.54. The van der Waals surface area contributed by atoms with Crippen LogP contribution in [0.2, 0.25) is 0 Å². The molecule has 0 bridgehead atoms. The average molecular weight is 463 g/mol. The number of likely N-dealkylation sites (tertiary alicyclic amines) is 1. The molecule has 1 unspecified atom stereocenters. The number of nitrogens with zero attached hydrogens (tertiary/aromatic N) is 6. The molecule has 0 aliphatic carbocycles. The molecule has 0 spiro atoms. The van der Waals surface area contributed by atoms with Gasteiger partial charge in [0.05, 0.1) is 22.5 Å². The molecule has 3 heterocycles. The Morgan fingerprint density at radius 3 is 2.57 bits per heavy atom. The maximum absolute atomic E-state index is 13.8. The lowest BCUT2D eigenvalue weighted by atomic mass is 10.0. The number of halogens is 1. The first-order chi connectivity index (χ1) is 14.7. The van der Waals surface area contributed by atoms with Crippen molar-refractivity contribution in [2.45, 2.75) is 25.4 Å². The number of piperidine rings is 1. The summed E-state index contributed by atoms with van der Waals surface area (Å²) in [7, 11) is 0. The van der Waals surface area contributed by atoms with Crippen molar-refractivity contribution >= 4 is 32.6 Å². The maximum atomic E-state index is 13.8. The van der Waals surface area contributed by atoms with Crippen LogP contribution in [0, 0.1) is 11.3 Å². The third-order valence-corrected chi connectivity index (χ3v) is 6.22. The molecule has 30 heavy (non-hydrogen) atoms. The highest BCUT2D eigenvalue weighted by atomic mass is 79.9. The van der Waals surface area contributed by atoms with Crippen molar-refractivity contribution in [3.8, 4) is 6.07 Å². The maximum Gasteiger partial charge on any atom is 0.264 e. The summed E-state index contributed by atoms with van der Waals surface area (Å²) in [6, 6.07) is 15.3. The topological polar surface area (TPSA) is 79.2 Å². The van der Waals surface area contributed by atoms with Gasteiger partial charge in [0.25, 0.3) is 5.56 Å². The second-order valence-corrected chi connectivity index (χ2v) is 8.46. The summed E-state index contributed by atoms with van der Waals surface area (Å²) in [4.78, 5) is 16.1. The summed E-state index contributed by atoms with van der Waals surface area (Å²) in [5.74, 6) is 0.509. The normalized spacial score (nSPS) is 16.0. The zero-order valence-corrected chi connectivity index (χ0v) is 17.8. The van der Waals surface area contributed by atoms with Crippen LogP contribution in [0.5, 0.6) is 0 Å². The molecule has 1 aliphatic heterocycles. The molecule has 1 fully saturated rings. The molecule has 2 aromatic heterocycles. The lowest BCUT2D eigenvalue weighted by Gasteiger charge is -2.36. The van der Waals surface area contributed by atoms with Crippen LogP contribution in [0.4, 0.5) is 0 Å². The van der Waals surface area contributed by atoms with Crippen LogP contribution in [0.15, 0.2) is 58.1 Å². The predicted molar refractivity (Wildman–Crippen MR) is 117 cm³/mol. The quantitative estimate of drug-likeness (QED) is 0.463. The van der Waals surface area contributed by atoms with Gasteiger partial charge in [-0.05, 0) is 48.7 Å². The molecule has 1 aliphatic rings. The van der Waals surface area contributed by atoms with Crippen LogP contribution in [0.1, 0.15) is 36.6 Å². The van der Waals surface area contributed by atoms with E-state index in [2.05, 4.69) is 37.1 Å². The first-order valence-electron chi connectivity index (χ1n) is 9.95. The standard InChI is InChI=1S/C22H19BrN6O/c23-17-8-9-19-18(12-17)21(30)29(22-26-25-14-28(19)22)20(27-10-2-1-3-11-27)16-6-4-15(13-24)5-7-16/h4-9,12,14,20H,1-3,10-11H2. The summed E-state index contributed by atoms with van der Waals surface area (Å²) >= 11 is 3.49. The van der Waals surface area contributed by atoms with Gasteiger partial charge in [-0.25, -0.2) is 0 Å². The molecule has 0 N–H and O–H groups in total. The van der Waals surface area contributed by atoms with Crippen LogP contribution >= 0.6 is 15.9 Å². The van der Waals surface area contributed by atoms with Crippen LogP contribution in [-0.2, 0) is 0 Å². The Morgan fingerprint density at radius 2 is 1.83 bits per heavy atom. The SMILES string of the molecule is N#Cc1ccc(C(N2CCCCC2)n2c(=O)c3cc(Br)ccc3n3cnnc23)cc1. The molecule has 150 valence electrons. The van der Waals surface area contributed by atoms with Gasteiger partial charge in [0.2, 0.25) is 5.78 Å². The van der Waals surface area contributed by atoms with Crippen LogP contribution < -0.4 is 5.56 Å². The zero-order valence-electron chi connectivity index (χ0n) is 16.2. The van der Waals surface area contributed by atoms with E-state index < -0.39 is 0 Å². The van der Waals surface area contributed by atoms with E-state index in [1.54, 1.807) is 23.0 Å². The van der Waals surface area contributed by atoms with E-state index in [0.717, 1.165) is 41.5 Å². The van der Waals surface area contributed by atoms with Crippen molar-refractivity contribution in [1.29, 1.82) is 5.26 Å². The number of hydrogen-bond donors (Lipinski definition) is 0. The van der Waals surface area contributed by atoms with Gasteiger partial charge in [0.1, 0.15) is 12.5 Å². The lowest BCUT2D eigenvalue weighted by molar-refractivity contribution is 0.141. The molecule has 2 aromatic carbocycles. The van der Waals surface area contributed by atoms with Crippen molar-refractivity contribution in [2.75, 3.05) is 13.1 Å². The fourth-order valence-corrected chi connectivity index (χ4v) is 4.67. The van der Waals surface area contributed by atoms with E-state index in [0.29, 0.717) is 16.7 Å². The van der Waals surface area contributed by atoms with Gasteiger partial charge in [-0.15, -0.1) is 10.2 Å². The number of fused-ring (bicyclic) bond motifs is 3. The van der Waals surface area contributed by atoms with Gasteiger partial charge in [-0.1, -0.05) is 34.5 Å². The van der Waals surface area contributed by atoms with Crippen LogP contribution in [-0.4, -0.2) is 37.2 Å². The Balaban J connectivity index is 1.81. The number of nitriles is 1. The lowest BCUT2D eigenvalue weighted by Crippen LogP contribution is -2.42. The number of hydrogen-bond acceptors (Lipinski definition) is 5. The highest BCUT2D eigenvalue weighted by Gasteiger charge is 2.28. The summed E-state index contributed by atoms with van der Waals surface area (Å²) in [6.07, 6.45) is 4.69. The minimum absolute atomic E-state index is 0.105. The molecule has 5 rings (SSSR count). The largest absolute Gasteiger partial charge is 0.279 e. The van der Waals surface area contributed by atoms with Crippen molar-refractivity contribution < 1.29 is 0 Å². The summed E-state index contributed by atoms with van der Waals surface area (Å²) in [5.41, 5.74) is 2.22. The molecular weight excluding hydrogens is 444 g/mol. The highest BCUT2D eigenvalue weighted by molar-refractivity contribution is 9.10. The molecule has 1 atom stereocenters. The molecule has 0 amide bonds. The van der Waals surface area contributed by atoms with Crippen LogP contribution in [0.3, 0.4) is 0 Å². The Labute approximate surface area is 181 Å². The fourth-order valence-electron chi connectivity index (χ4n) is 4.31. The second kappa shape index (κ2) is 7.67. The fraction of sp³-hybridized carbons (Fsp3) is 0.273. The van der Waals surface area contributed by atoms with Crippen molar-refractivity contribution in [1.82, 2.24) is 24.1 Å². The Kier molecular flexibility index (Phi) is 4.85.